The average Bonchev–Trinajstić information content (AvgIpc) is 2.80. The Morgan fingerprint density at radius 3 is 2.70 bits per heavy atom. The van der Waals surface area contributed by atoms with Crippen molar-refractivity contribution in [1.29, 1.82) is 0 Å². The highest BCUT2D eigenvalue weighted by molar-refractivity contribution is 5.51. The molecule has 0 saturated heterocycles. The second-order valence-electron chi connectivity index (χ2n) is 6.49. The Morgan fingerprint density at radius 2 is 2.00 bits per heavy atom. The summed E-state index contributed by atoms with van der Waals surface area (Å²) >= 11 is 0. The van der Waals surface area contributed by atoms with E-state index >= 15 is 0 Å². The Balaban J connectivity index is 2.01. The number of fused-ring (bicyclic) bond motifs is 1. The topological polar surface area (TPSA) is 76.7 Å². The molecule has 1 aliphatic rings. The number of halogens is 1. The molecular weight excluding hydrogens is 293 g/mol. The molecule has 3 rings (SSSR count). The average molecular weight is 315 g/mol. The number of nitrogens with zero attached hydrogens (tertiary/aromatic N) is 3. The smallest absolute Gasteiger partial charge is 0.228 e. The first-order valence-corrected chi connectivity index (χ1v) is 7.83. The lowest BCUT2D eigenvalue weighted by molar-refractivity contribution is 0.356. The molecule has 122 valence electrons. The third-order valence-corrected chi connectivity index (χ3v) is 4.68. The molecule has 0 fully saturated rings. The van der Waals surface area contributed by atoms with Crippen LogP contribution in [0.2, 0.25) is 0 Å². The summed E-state index contributed by atoms with van der Waals surface area (Å²) in [4.78, 5) is 12.2. The fourth-order valence-corrected chi connectivity index (χ4v) is 3.37. The van der Waals surface area contributed by atoms with Crippen LogP contribution in [0.4, 0.5) is 16.3 Å². The van der Waals surface area contributed by atoms with Crippen molar-refractivity contribution >= 4 is 11.9 Å². The van der Waals surface area contributed by atoms with Gasteiger partial charge in [-0.3, -0.25) is 0 Å². The molecule has 0 saturated carbocycles. The maximum atomic E-state index is 13.5. The highest BCUT2D eigenvalue weighted by Gasteiger charge is 2.36. The zero-order chi connectivity index (χ0) is 16.8. The predicted molar refractivity (Wildman–Crippen MR) is 89.0 cm³/mol. The molecule has 0 spiro atoms. The molecule has 0 unspecified atom stereocenters. The van der Waals surface area contributed by atoms with Gasteiger partial charge in [0.2, 0.25) is 11.9 Å². The lowest BCUT2D eigenvalue weighted by Gasteiger charge is -2.29. The summed E-state index contributed by atoms with van der Waals surface area (Å²) in [5.41, 5.74) is 10.6. The van der Waals surface area contributed by atoms with E-state index in [4.69, 9.17) is 5.73 Å². The molecule has 1 heterocycles. The van der Waals surface area contributed by atoms with Crippen LogP contribution < -0.4 is 11.1 Å². The lowest BCUT2D eigenvalue weighted by Crippen LogP contribution is -2.31. The van der Waals surface area contributed by atoms with Crippen LogP contribution >= 0.6 is 0 Å². The number of nitrogen functional groups attached to an aromatic ring is 1. The van der Waals surface area contributed by atoms with Crippen molar-refractivity contribution < 1.29 is 4.39 Å². The molecule has 5 nitrogen and oxygen atoms in total. The Bertz CT molecular complexity index is 759. The molecule has 1 aromatic heterocycles. The van der Waals surface area contributed by atoms with Crippen LogP contribution in [0.1, 0.15) is 54.5 Å². The van der Waals surface area contributed by atoms with Gasteiger partial charge >= 0.3 is 0 Å². The number of aryl methyl sites for hydroxylation is 2. The number of hydrogen-bond donors (Lipinski definition) is 2. The summed E-state index contributed by atoms with van der Waals surface area (Å²) < 4.78 is 13.5. The van der Waals surface area contributed by atoms with Gasteiger partial charge in [-0.15, -0.1) is 0 Å². The van der Waals surface area contributed by atoms with Crippen molar-refractivity contribution in [2.75, 3.05) is 11.1 Å². The molecule has 0 bridgehead atoms. The van der Waals surface area contributed by atoms with E-state index in [0.717, 1.165) is 12.8 Å². The Kier molecular flexibility index (Phi) is 3.70. The summed E-state index contributed by atoms with van der Waals surface area (Å²) in [6.45, 7) is 7.76. The molecule has 23 heavy (non-hydrogen) atoms. The molecule has 3 N–H and O–H groups in total. The number of hydrogen-bond acceptors (Lipinski definition) is 5. The van der Waals surface area contributed by atoms with E-state index in [-0.39, 0.29) is 17.3 Å². The maximum absolute atomic E-state index is 13.5. The zero-order valence-electron chi connectivity index (χ0n) is 13.9. The van der Waals surface area contributed by atoms with E-state index in [9.17, 15) is 4.39 Å². The maximum Gasteiger partial charge on any atom is 0.228 e. The predicted octanol–water partition coefficient (Wildman–Crippen LogP) is 3.37. The Hall–Kier alpha value is -2.24. The van der Waals surface area contributed by atoms with Crippen LogP contribution in [-0.4, -0.2) is 15.0 Å². The van der Waals surface area contributed by atoms with Gasteiger partial charge in [0.15, 0.2) is 12.0 Å². The van der Waals surface area contributed by atoms with Crippen LogP contribution in [-0.2, 0) is 12.0 Å². The number of alkyl halides is 1. The summed E-state index contributed by atoms with van der Waals surface area (Å²) in [6, 6.07) is 4.34. The summed E-state index contributed by atoms with van der Waals surface area (Å²) in [5, 5.41) is 3.37. The highest BCUT2D eigenvalue weighted by Crippen LogP contribution is 2.41. The van der Waals surface area contributed by atoms with Crippen molar-refractivity contribution in [2.45, 2.75) is 52.2 Å². The van der Waals surface area contributed by atoms with Gasteiger partial charge in [0, 0.05) is 0 Å². The third kappa shape index (κ3) is 2.73. The van der Waals surface area contributed by atoms with Crippen molar-refractivity contribution in [1.82, 2.24) is 15.0 Å². The molecule has 2 atom stereocenters. The number of benzene rings is 1. The fraction of sp³-hybridized carbons (Fsp3) is 0.471. The van der Waals surface area contributed by atoms with Crippen LogP contribution in [0.15, 0.2) is 12.1 Å². The Labute approximate surface area is 135 Å². The second-order valence-corrected chi connectivity index (χ2v) is 6.49. The first-order chi connectivity index (χ1) is 10.8. The standard InChI is InChI=1S/C17H22FN5/c1-9-5-6-12-7-8-17(4,13(12)10(9)2)23-16-21-14(11(3)18)20-15(19)22-16/h5-6,11H,7-8H2,1-4H3,(H3,19,20,21,22,23)/t11-,17-/m1/s1. The lowest BCUT2D eigenvalue weighted by atomic mass is 9.88. The first kappa shape index (κ1) is 15.6. The van der Waals surface area contributed by atoms with Crippen molar-refractivity contribution in [3.63, 3.8) is 0 Å². The van der Waals surface area contributed by atoms with Gasteiger partial charge in [-0.05, 0) is 62.8 Å². The number of nitrogens with one attached hydrogen (secondary N) is 1. The second kappa shape index (κ2) is 5.44. The normalized spacial score (nSPS) is 21.1. The van der Waals surface area contributed by atoms with Crippen LogP contribution in [0, 0.1) is 13.8 Å². The minimum atomic E-state index is -1.28. The quantitative estimate of drug-likeness (QED) is 0.908. The SMILES string of the molecule is Cc1ccc2c(c1C)[C@](C)(Nc1nc(N)nc([C@@H](C)F)n1)CC2. The molecule has 1 aliphatic carbocycles. The van der Waals surface area contributed by atoms with Crippen molar-refractivity contribution in [3.05, 3.63) is 40.2 Å². The molecular formula is C17H22FN5. The van der Waals surface area contributed by atoms with Gasteiger partial charge in [-0.2, -0.15) is 15.0 Å². The molecule has 0 radical (unpaired) electrons. The third-order valence-electron chi connectivity index (χ3n) is 4.68. The van der Waals surface area contributed by atoms with E-state index in [1.54, 1.807) is 0 Å². The molecule has 1 aromatic carbocycles. The zero-order valence-corrected chi connectivity index (χ0v) is 13.9. The largest absolute Gasteiger partial charge is 0.368 e. The number of nitrogens with two attached hydrogens (primary N) is 1. The van der Waals surface area contributed by atoms with E-state index in [1.165, 1.54) is 29.2 Å². The fourth-order valence-electron chi connectivity index (χ4n) is 3.37. The van der Waals surface area contributed by atoms with Gasteiger partial charge < -0.3 is 11.1 Å². The van der Waals surface area contributed by atoms with Crippen molar-refractivity contribution in [2.24, 2.45) is 0 Å². The van der Waals surface area contributed by atoms with Gasteiger partial charge in [-0.25, -0.2) is 4.39 Å². The first-order valence-electron chi connectivity index (χ1n) is 7.83. The van der Waals surface area contributed by atoms with Crippen LogP contribution in [0.25, 0.3) is 0 Å². The van der Waals surface area contributed by atoms with E-state index in [0.29, 0.717) is 5.95 Å². The molecule has 0 amide bonds. The summed E-state index contributed by atoms with van der Waals surface area (Å²) in [7, 11) is 0. The van der Waals surface area contributed by atoms with Gasteiger partial charge in [0.25, 0.3) is 0 Å². The van der Waals surface area contributed by atoms with Gasteiger partial charge in [0.1, 0.15) is 0 Å². The van der Waals surface area contributed by atoms with E-state index < -0.39 is 6.17 Å². The summed E-state index contributed by atoms with van der Waals surface area (Å²) in [6.07, 6.45) is 0.638. The van der Waals surface area contributed by atoms with E-state index in [1.807, 2.05) is 0 Å². The van der Waals surface area contributed by atoms with Crippen LogP contribution in [0.3, 0.4) is 0 Å². The number of aromatic nitrogens is 3. The van der Waals surface area contributed by atoms with E-state index in [2.05, 4.69) is 53.2 Å². The minimum Gasteiger partial charge on any atom is -0.368 e. The monoisotopic (exact) mass is 315 g/mol. The van der Waals surface area contributed by atoms with Gasteiger partial charge in [0.05, 0.1) is 5.54 Å². The molecule has 0 aliphatic heterocycles. The van der Waals surface area contributed by atoms with Gasteiger partial charge in [-0.1, -0.05) is 12.1 Å². The highest BCUT2D eigenvalue weighted by atomic mass is 19.1. The Morgan fingerprint density at radius 1 is 1.26 bits per heavy atom. The molecule has 6 heteroatoms. The van der Waals surface area contributed by atoms with Crippen LogP contribution in [0.5, 0.6) is 0 Å². The minimum absolute atomic E-state index is 0.0322. The number of anilines is 2. The molecule has 2 aromatic rings. The summed E-state index contributed by atoms with van der Waals surface area (Å²) in [5.74, 6) is 0.417. The number of rotatable bonds is 3. The van der Waals surface area contributed by atoms with Crippen molar-refractivity contribution in [3.8, 4) is 0 Å².